The number of nitrogens with two attached hydrogens (primary N) is 1. The fourth-order valence-corrected chi connectivity index (χ4v) is 2.65. The molecule has 1 aromatic heterocycles. The molecule has 1 heterocycles. The molecule has 1 saturated carbocycles. The van der Waals surface area contributed by atoms with Crippen molar-refractivity contribution in [1.82, 2.24) is 9.78 Å². The zero-order chi connectivity index (χ0) is 12.6. The molecule has 3 nitrogen and oxygen atoms in total. The zero-order valence-electron chi connectivity index (χ0n) is 10.3. The Morgan fingerprint density at radius 1 is 1.47 bits per heavy atom. The van der Waals surface area contributed by atoms with Crippen LogP contribution in [0, 0.1) is 19.8 Å². The van der Waals surface area contributed by atoms with Gasteiger partial charge in [0.2, 0.25) is 5.92 Å². The highest BCUT2D eigenvalue weighted by Crippen LogP contribution is 2.39. The predicted molar refractivity (Wildman–Crippen MR) is 61.9 cm³/mol. The van der Waals surface area contributed by atoms with Gasteiger partial charge in [-0.25, -0.2) is 8.78 Å². The van der Waals surface area contributed by atoms with E-state index in [1.54, 1.807) is 0 Å². The SMILES string of the molecule is Cc1nn(CC2CCC(F)(F)C2)c(C)c1CN. The Morgan fingerprint density at radius 2 is 2.18 bits per heavy atom. The van der Waals surface area contributed by atoms with E-state index in [0.717, 1.165) is 17.0 Å². The van der Waals surface area contributed by atoms with Gasteiger partial charge in [-0.2, -0.15) is 5.10 Å². The minimum Gasteiger partial charge on any atom is -0.326 e. The summed E-state index contributed by atoms with van der Waals surface area (Å²) in [5, 5.41) is 4.38. The van der Waals surface area contributed by atoms with Crippen LogP contribution in [0.25, 0.3) is 0 Å². The van der Waals surface area contributed by atoms with Gasteiger partial charge in [-0.1, -0.05) is 0 Å². The van der Waals surface area contributed by atoms with Gasteiger partial charge in [0.05, 0.1) is 5.69 Å². The lowest BCUT2D eigenvalue weighted by atomic mass is 10.1. The maximum atomic E-state index is 13.1. The first-order valence-corrected chi connectivity index (χ1v) is 6.04. The molecule has 1 unspecified atom stereocenters. The van der Waals surface area contributed by atoms with Crippen molar-refractivity contribution in [3.8, 4) is 0 Å². The van der Waals surface area contributed by atoms with Crippen LogP contribution in [0.3, 0.4) is 0 Å². The predicted octanol–water partition coefficient (Wildman–Crippen LogP) is 2.39. The lowest BCUT2D eigenvalue weighted by molar-refractivity contribution is 0.00420. The Labute approximate surface area is 100.0 Å². The van der Waals surface area contributed by atoms with Crippen molar-refractivity contribution in [3.05, 3.63) is 17.0 Å². The van der Waals surface area contributed by atoms with Crippen LogP contribution in [0.4, 0.5) is 8.78 Å². The summed E-state index contributed by atoms with van der Waals surface area (Å²) in [6.45, 7) is 4.91. The normalized spacial score (nSPS) is 23.2. The standard InChI is InChI=1S/C12H19F2N3/c1-8-11(6-15)9(2)17(16-8)7-10-3-4-12(13,14)5-10/h10H,3-7,15H2,1-2H3. The molecule has 2 N–H and O–H groups in total. The Bertz CT molecular complexity index is 412. The monoisotopic (exact) mass is 243 g/mol. The molecule has 1 aliphatic rings. The van der Waals surface area contributed by atoms with Gasteiger partial charge in [0, 0.05) is 37.2 Å². The molecule has 96 valence electrons. The van der Waals surface area contributed by atoms with Gasteiger partial charge >= 0.3 is 0 Å². The molecule has 0 saturated heterocycles. The number of rotatable bonds is 3. The van der Waals surface area contributed by atoms with Crippen molar-refractivity contribution in [1.29, 1.82) is 0 Å². The highest BCUT2D eigenvalue weighted by molar-refractivity contribution is 5.24. The van der Waals surface area contributed by atoms with Crippen molar-refractivity contribution in [2.75, 3.05) is 0 Å². The number of hydrogen-bond donors (Lipinski definition) is 1. The van der Waals surface area contributed by atoms with Gasteiger partial charge in [0.25, 0.3) is 0 Å². The van der Waals surface area contributed by atoms with Crippen LogP contribution in [-0.4, -0.2) is 15.7 Å². The van der Waals surface area contributed by atoms with Crippen LogP contribution >= 0.6 is 0 Å². The lowest BCUT2D eigenvalue weighted by Gasteiger charge is -2.12. The molecule has 0 aromatic carbocycles. The van der Waals surface area contributed by atoms with E-state index in [-0.39, 0.29) is 18.8 Å². The van der Waals surface area contributed by atoms with Gasteiger partial charge in [0.15, 0.2) is 0 Å². The number of aromatic nitrogens is 2. The first-order chi connectivity index (χ1) is 7.93. The summed E-state index contributed by atoms with van der Waals surface area (Å²) in [6, 6.07) is 0. The van der Waals surface area contributed by atoms with Crippen molar-refractivity contribution in [3.63, 3.8) is 0 Å². The first-order valence-electron chi connectivity index (χ1n) is 6.04. The Hall–Kier alpha value is -0.970. The van der Waals surface area contributed by atoms with Crippen molar-refractivity contribution in [2.45, 2.75) is 52.1 Å². The fourth-order valence-electron chi connectivity index (χ4n) is 2.65. The molecule has 0 radical (unpaired) electrons. The number of hydrogen-bond acceptors (Lipinski definition) is 2. The van der Waals surface area contributed by atoms with E-state index in [0.29, 0.717) is 19.5 Å². The average molecular weight is 243 g/mol. The largest absolute Gasteiger partial charge is 0.326 e. The maximum Gasteiger partial charge on any atom is 0.248 e. The Kier molecular flexibility index (Phi) is 3.21. The van der Waals surface area contributed by atoms with Gasteiger partial charge < -0.3 is 5.73 Å². The molecule has 5 heteroatoms. The van der Waals surface area contributed by atoms with E-state index < -0.39 is 5.92 Å². The summed E-state index contributed by atoms with van der Waals surface area (Å²) in [6.07, 6.45) is 0.591. The molecule has 17 heavy (non-hydrogen) atoms. The van der Waals surface area contributed by atoms with Crippen molar-refractivity contribution < 1.29 is 8.78 Å². The third kappa shape index (κ3) is 2.49. The van der Waals surface area contributed by atoms with E-state index in [4.69, 9.17) is 5.73 Å². The lowest BCUT2D eigenvalue weighted by Crippen LogP contribution is -2.14. The molecule has 0 amide bonds. The van der Waals surface area contributed by atoms with Crippen LogP contribution in [0.15, 0.2) is 0 Å². The topological polar surface area (TPSA) is 43.8 Å². The van der Waals surface area contributed by atoms with Crippen molar-refractivity contribution >= 4 is 0 Å². The summed E-state index contributed by atoms with van der Waals surface area (Å²) < 4.78 is 28.0. The Morgan fingerprint density at radius 3 is 2.65 bits per heavy atom. The second-order valence-corrected chi connectivity index (χ2v) is 5.00. The molecule has 0 aliphatic heterocycles. The average Bonchev–Trinajstić information content (AvgIpc) is 2.69. The summed E-state index contributed by atoms with van der Waals surface area (Å²) in [4.78, 5) is 0. The molecule has 0 bridgehead atoms. The van der Waals surface area contributed by atoms with E-state index >= 15 is 0 Å². The number of alkyl halides is 2. The second kappa shape index (κ2) is 4.37. The van der Waals surface area contributed by atoms with E-state index in [2.05, 4.69) is 5.10 Å². The van der Waals surface area contributed by atoms with E-state index in [1.807, 2.05) is 18.5 Å². The third-order valence-corrected chi connectivity index (χ3v) is 3.67. The highest BCUT2D eigenvalue weighted by atomic mass is 19.3. The summed E-state index contributed by atoms with van der Waals surface area (Å²) in [5.41, 5.74) is 8.61. The molecule has 1 aromatic rings. The van der Waals surface area contributed by atoms with Gasteiger partial charge in [-0.05, 0) is 26.2 Å². The van der Waals surface area contributed by atoms with Crippen LogP contribution in [0.5, 0.6) is 0 Å². The number of halogens is 2. The quantitative estimate of drug-likeness (QED) is 0.885. The minimum absolute atomic E-state index is 0.0106. The molecule has 0 spiro atoms. The highest BCUT2D eigenvalue weighted by Gasteiger charge is 2.39. The zero-order valence-corrected chi connectivity index (χ0v) is 10.3. The molecular formula is C12H19F2N3. The number of aryl methyl sites for hydroxylation is 1. The summed E-state index contributed by atoms with van der Waals surface area (Å²) in [5.74, 6) is -2.44. The molecule has 1 fully saturated rings. The molecule has 2 rings (SSSR count). The fraction of sp³-hybridized carbons (Fsp3) is 0.750. The summed E-state index contributed by atoms with van der Waals surface area (Å²) in [7, 11) is 0. The van der Waals surface area contributed by atoms with Crippen LogP contribution in [0.2, 0.25) is 0 Å². The van der Waals surface area contributed by atoms with Crippen LogP contribution in [0.1, 0.15) is 36.2 Å². The van der Waals surface area contributed by atoms with Gasteiger partial charge in [-0.15, -0.1) is 0 Å². The minimum atomic E-state index is -2.47. The maximum absolute atomic E-state index is 13.1. The Balaban J connectivity index is 2.10. The number of nitrogens with zero attached hydrogens (tertiary/aromatic N) is 2. The van der Waals surface area contributed by atoms with E-state index in [9.17, 15) is 8.78 Å². The van der Waals surface area contributed by atoms with Crippen LogP contribution in [-0.2, 0) is 13.1 Å². The smallest absolute Gasteiger partial charge is 0.248 e. The first kappa shape index (κ1) is 12.5. The second-order valence-electron chi connectivity index (χ2n) is 5.00. The molecule has 1 atom stereocenters. The third-order valence-electron chi connectivity index (χ3n) is 3.67. The van der Waals surface area contributed by atoms with Gasteiger partial charge in [-0.3, -0.25) is 4.68 Å². The molecule has 1 aliphatic carbocycles. The summed E-state index contributed by atoms with van der Waals surface area (Å²) >= 11 is 0. The molecular weight excluding hydrogens is 224 g/mol. The van der Waals surface area contributed by atoms with Crippen molar-refractivity contribution in [2.24, 2.45) is 11.7 Å². The van der Waals surface area contributed by atoms with E-state index in [1.165, 1.54) is 0 Å². The van der Waals surface area contributed by atoms with Crippen LogP contribution < -0.4 is 5.73 Å². The van der Waals surface area contributed by atoms with Gasteiger partial charge in [0.1, 0.15) is 0 Å².